The molecule has 3 nitrogen and oxygen atoms in total. The van der Waals surface area contributed by atoms with Crippen molar-refractivity contribution in [1.29, 1.82) is 0 Å². The Bertz CT molecular complexity index is 503. The van der Waals surface area contributed by atoms with E-state index in [1.807, 2.05) is 0 Å². The van der Waals surface area contributed by atoms with E-state index in [1.165, 1.54) is 4.31 Å². The first-order valence-electron chi connectivity index (χ1n) is 5.97. The van der Waals surface area contributed by atoms with E-state index in [0.717, 1.165) is 43.9 Å². The van der Waals surface area contributed by atoms with Gasteiger partial charge in [-0.05, 0) is 25.0 Å². The van der Waals surface area contributed by atoms with Crippen LogP contribution in [0.5, 0.6) is 0 Å². The highest BCUT2D eigenvalue weighted by Crippen LogP contribution is 2.24. The molecule has 100 valence electrons. The molecule has 1 aliphatic rings. The SMILES string of the molecule is O=S(=O)(c1c(F)cccc1F)N1CCCCCC1. The Kier molecular flexibility index (Phi) is 3.97. The minimum Gasteiger partial charge on any atom is -0.207 e. The van der Waals surface area contributed by atoms with E-state index in [1.54, 1.807) is 0 Å². The Balaban J connectivity index is 2.41. The molecule has 0 N–H and O–H groups in total. The highest BCUT2D eigenvalue weighted by Gasteiger charge is 2.30. The molecule has 0 radical (unpaired) electrons. The number of rotatable bonds is 2. The number of hydrogen-bond donors (Lipinski definition) is 0. The van der Waals surface area contributed by atoms with Gasteiger partial charge in [-0.2, -0.15) is 4.31 Å². The Labute approximate surface area is 105 Å². The lowest BCUT2D eigenvalue weighted by atomic mass is 10.2. The Morgan fingerprint density at radius 1 is 0.944 bits per heavy atom. The summed E-state index contributed by atoms with van der Waals surface area (Å²) >= 11 is 0. The standard InChI is InChI=1S/C12H15F2NO2S/c13-10-6-5-7-11(14)12(10)18(16,17)15-8-3-1-2-4-9-15/h5-7H,1-4,8-9H2. The fraction of sp³-hybridized carbons (Fsp3) is 0.500. The molecule has 0 spiro atoms. The summed E-state index contributed by atoms with van der Waals surface area (Å²) in [6.45, 7) is 0.659. The van der Waals surface area contributed by atoms with Crippen LogP contribution in [-0.4, -0.2) is 25.8 Å². The summed E-state index contributed by atoms with van der Waals surface area (Å²) in [4.78, 5) is -0.827. The van der Waals surface area contributed by atoms with Crippen molar-refractivity contribution < 1.29 is 17.2 Å². The summed E-state index contributed by atoms with van der Waals surface area (Å²) in [7, 11) is -4.06. The Hall–Kier alpha value is -1.01. The van der Waals surface area contributed by atoms with E-state index < -0.39 is 26.6 Å². The molecule has 1 aliphatic heterocycles. The van der Waals surface area contributed by atoms with Crippen LogP contribution in [0.25, 0.3) is 0 Å². The second-order valence-corrected chi connectivity index (χ2v) is 6.24. The van der Waals surface area contributed by atoms with Crippen molar-refractivity contribution in [3.8, 4) is 0 Å². The van der Waals surface area contributed by atoms with Gasteiger partial charge in [0.1, 0.15) is 11.6 Å². The van der Waals surface area contributed by atoms with Crippen molar-refractivity contribution in [3.63, 3.8) is 0 Å². The quantitative estimate of drug-likeness (QED) is 0.831. The summed E-state index contributed by atoms with van der Waals surface area (Å²) in [6.07, 6.45) is 3.36. The van der Waals surface area contributed by atoms with Gasteiger partial charge < -0.3 is 0 Å². The first kappa shape index (κ1) is 13.4. The van der Waals surface area contributed by atoms with E-state index in [9.17, 15) is 17.2 Å². The second-order valence-electron chi connectivity index (χ2n) is 4.37. The fourth-order valence-corrected chi connectivity index (χ4v) is 3.77. The van der Waals surface area contributed by atoms with Crippen molar-refractivity contribution >= 4 is 10.0 Å². The molecule has 0 amide bonds. The zero-order valence-corrected chi connectivity index (χ0v) is 10.7. The molecule has 18 heavy (non-hydrogen) atoms. The van der Waals surface area contributed by atoms with Crippen molar-refractivity contribution in [2.75, 3.05) is 13.1 Å². The first-order valence-corrected chi connectivity index (χ1v) is 7.41. The predicted octanol–water partition coefficient (Wildman–Crippen LogP) is 2.53. The van der Waals surface area contributed by atoms with Gasteiger partial charge in [0.05, 0.1) is 0 Å². The van der Waals surface area contributed by atoms with Gasteiger partial charge in [0.25, 0.3) is 0 Å². The van der Waals surface area contributed by atoms with Crippen LogP contribution in [0.15, 0.2) is 23.1 Å². The van der Waals surface area contributed by atoms with Gasteiger partial charge in [-0.1, -0.05) is 18.9 Å². The van der Waals surface area contributed by atoms with Crippen molar-refractivity contribution in [1.82, 2.24) is 4.31 Å². The molecule has 1 aromatic carbocycles. The van der Waals surface area contributed by atoms with Crippen molar-refractivity contribution in [3.05, 3.63) is 29.8 Å². The normalized spacial score (nSPS) is 18.6. The maximum atomic E-state index is 13.6. The van der Waals surface area contributed by atoms with Crippen LogP contribution >= 0.6 is 0 Å². The van der Waals surface area contributed by atoms with Gasteiger partial charge in [-0.3, -0.25) is 0 Å². The van der Waals surface area contributed by atoms with Gasteiger partial charge in [-0.15, -0.1) is 0 Å². The van der Waals surface area contributed by atoms with E-state index in [2.05, 4.69) is 0 Å². The molecule has 0 aromatic heterocycles. The zero-order chi connectivity index (χ0) is 13.2. The van der Waals surface area contributed by atoms with E-state index in [4.69, 9.17) is 0 Å². The van der Waals surface area contributed by atoms with Gasteiger partial charge >= 0.3 is 0 Å². The molecule has 0 atom stereocenters. The molecule has 0 unspecified atom stereocenters. The van der Waals surface area contributed by atoms with Crippen LogP contribution in [0.1, 0.15) is 25.7 Å². The van der Waals surface area contributed by atoms with Crippen molar-refractivity contribution in [2.24, 2.45) is 0 Å². The third-order valence-corrected chi connectivity index (χ3v) is 5.03. The van der Waals surface area contributed by atoms with Gasteiger partial charge in [0, 0.05) is 13.1 Å². The lowest BCUT2D eigenvalue weighted by Crippen LogP contribution is -2.33. The lowest BCUT2D eigenvalue weighted by Gasteiger charge is -2.20. The average molecular weight is 275 g/mol. The molecular weight excluding hydrogens is 260 g/mol. The number of hydrogen-bond acceptors (Lipinski definition) is 2. The summed E-state index contributed by atoms with van der Waals surface area (Å²) in [6, 6.07) is 3.09. The number of nitrogens with zero attached hydrogens (tertiary/aromatic N) is 1. The van der Waals surface area contributed by atoms with Crippen LogP contribution in [0.3, 0.4) is 0 Å². The highest BCUT2D eigenvalue weighted by molar-refractivity contribution is 7.89. The molecule has 6 heteroatoms. The van der Waals surface area contributed by atoms with E-state index in [-0.39, 0.29) is 0 Å². The Morgan fingerprint density at radius 3 is 1.94 bits per heavy atom. The van der Waals surface area contributed by atoms with Gasteiger partial charge in [-0.25, -0.2) is 17.2 Å². The molecular formula is C12H15F2NO2S. The number of halogens is 2. The first-order chi connectivity index (χ1) is 8.53. The van der Waals surface area contributed by atoms with Crippen molar-refractivity contribution in [2.45, 2.75) is 30.6 Å². The lowest BCUT2D eigenvalue weighted by molar-refractivity contribution is 0.413. The highest BCUT2D eigenvalue weighted by atomic mass is 32.2. The average Bonchev–Trinajstić information content (AvgIpc) is 2.57. The number of sulfonamides is 1. The maximum absolute atomic E-state index is 13.6. The Morgan fingerprint density at radius 2 is 1.44 bits per heavy atom. The molecule has 1 heterocycles. The second kappa shape index (κ2) is 5.32. The molecule has 0 aliphatic carbocycles. The van der Waals surface area contributed by atoms with Crippen LogP contribution in [0.2, 0.25) is 0 Å². The maximum Gasteiger partial charge on any atom is 0.248 e. The molecule has 1 saturated heterocycles. The van der Waals surface area contributed by atoms with E-state index >= 15 is 0 Å². The van der Waals surface area contributed by atoms with Crippen LogP contribution < -0.4 is 0 Å². The molecule has 0 saturated carbocycles. The smallest absolute Gasteiger partial charge is 0.207 e. The monoisotopic (exact) mass is 275 g/mol. The predicted molar refractivity (Wildman–Crippen MR) is 63.6 cm³/mol. The summed E-state index contributed by atoms with van der Waals surface area (Å²) in [5, 5.41) is 0. The molecule has 2 rings (SSSR count). The summed E-state index contributed by atoms with van der Waals surface area (Å²) in [5.41, 5.74) is 0. The van der Waals surface area contributed by atoms with Crippen LogP contribution in [-0.2, 0) is 10.0 Å². The molecule has 1 aromatic rings. The topological polar surface area (TPSA) is 37.4 Å². The zero-order valence-electron chi connectivity index (χ0n) is 9.90. The van der Waals surface area contributed by atoms with E-state index in [0.29, 0.717) is 13.1 Å². The van der Waals surface area contributed by atoms with Crippen LogP contribution in [0, 0.1) is 11.6 Å². The summed E-state index contributed by atoms with van der Waals surface area (Å²) in [5.74, 6) is -2.06. The van der Waals surface area contributed by atoms with Gasteiger partial charge in [0.15, 0.2) is 4.90 Å². The van der Waals surface area contributed by atoms with Crippen LogP contribution in [0.4, 0.5) is 8.78 Å². The number of benzene rings is 1. The summed E-state index contributed by atoms with van der Waals surface area (Å²) < 4.78 is 52.8. The van der Waals surface area contributed by atoms with Gasteiger partial charge in [0.2, 0.25) is 10.0 Å². The molecule has 1 fully saturated rings. The third kappa shape index (κ3) is 2.54. The third-order valence-electron chi connectivity index (χ3n) is 3.08. The fourth-order valence-electron chi connectivity index (χ4n) is 2.14. The minimum atomic E-state index is -4.06. The minimum absolute atomic E-state index is 0.329. The molecule has 0 bridgehead atoms. The largest absolute Gasteiger partial charge is 0.248 e.